The Morgan fingerprint density at radius 2 is 1.32 bits per heavy atom. The Balaban J connectivity index is 0.863. The smallest absolute Gasteiger partial charge is 0.336 e. The molecule has 1 amide bonds. The first-order valence-corrected chi connectivity index (χ1v) is 28.7. The number of thioether (sulfide) groups is 2. The minimum absolute atomic E-state index is 0.0104. The predicted octanol–water partition coefficient (Wildman–Crippen LogP) is 13.1. The molecule has 0 radical (unpaired) electrons. The van der Waals surface area contributed by atoms with Gasteiger partial charge >= 0.3 is 5.63 Å². The summed E-state index contributed by atoms with van der Waals surface area (Å²) >= 11 is 3.35. The summed E-state index contributed by atoms with van der Waals surface area (Å²) in [5.41, 5.74) is 6.60. The van der Waals surface area contributed by atoms with Gasteiger partial charge in [0.2, 0.25) is 5.91 Å². The Kier molecular flexibility index (Phi) is 16.2. The van der Waals surface area contributed by atoms with Crippen molar-refractivity contribution in [2.75, 3.05) is 37.6 Å². The molecule has 80 heavy (non-hydrogen) atoms. The first kappa shape index (κ1) is 54.2. The number of nitrogens with one attached hydrogen (secondary N) is 1. The summed E-state index contributed by atoms with van der Waals surface area (Å²) in [6.07, 6.45) is 2.03. The number of aliphatic hydroxyl groups excluding tert-OH is 1. The molecule has 10 aromatic rings. The van der Waals surface area contributed by atoms with Crippen LogP contribution in [-0.2, 0) is 19.9 Å². The van der Waals surface area contributed by atoms with E-state index in [0.717, 1.165) is 96.7 Å². The highest BCUT2D eigenvalue weighted by molar-refractivity contribution is 7.99. The molecule has 0 bridgehead atoms. The number of amides is 1. The van der Waals surface area contributed by atoms with Crippen LogP contribution in [0.5, 0.6) is 11.5 Å². The van der Waals surface area contributed by atoms with Gasteiger partial charge in [0.15, 0.2) is 22.1 Å². The van der Waals surface area contributed by atoms with Crippen molar-refractivity contribution in [3.8, 4) is 11.5 Å². The lowest BCUT2D eigenvalue weighted by molar-refractivity contribution is -0.116. The highest BCUT2D eigenvalue weighted by Crippen LogP contribution is 2.45. The number of benzene rings is 6. The Hall–Kier alpha value is -7.73. The lowest BCUT2D eigenvalue weighted by atomic mass is 9.80. The minimum Gasteiger partial charge on any atom is -0.497 e. The molecule has 3 atom stereocenters. The first-order valence-electron chi connectivity index (χ1n) is 26.7. The van der Waals surface area contributed by atoms with E-state index in [0.29, 0.717) is 33.4 Å². The van der Waals surface area contributed by atoms with Crippen LogP contribution in [0.3, 0.4) is 0 Å². The van der Waals surface area contributed by atoms with E-state index in [2.05, 4.69) is 16.4 Å². The van der Waals surface area contributed by atoms with Gasteiger partial charge in [-0.3, -0.25) is 9.36 Å². The molecule has 1 saturated heterocycles. The quantitative estimate of drug-likeness (QED) is 0.0301. The van der Waals surface area contributed by atoms with Crippen molar-refractivity contribution in [3.63, 3.8) is 0 Å². The van der Waals surface area contributed by atoms with E-state index in [1.165, 1.54) is 12.4 Å². The van der Waals surface area contributed by atoms with Crippen molar-refractivity contribution in [1.29, 1.82) is 0 Å². The van der Waals surface area contributed by atoms with Gasteiger partial charge in [-0.2, -0.15) is 0 Å². The zero-order valence-corrected chi connectivity index (χ0v) is 46.7. The lowest BCUT2D eigenvalue weighted by Crippen LogP contribution is -2.38. The normalized spacial score (nSPS) is 15.6. The fourth-order valence-corrected chi connectivity index (χ4v) is 12.9. The van der Waals surface area contributed by atoms with E-state index >= 15 is 0 Å². The number of imidazole rings is 1. The molecule has 1 unspecified atom stereocenters. The maximum absolute atomic E-state index is 14.5. The second-order valence-electron chi connectivity index (χ2n) is 19.9. The van der Waals surface area contributed by atoms with Crippen molar-refractivity contribution in [3.05, 3.63) is 213 Å². The number of nitrogens with zero attached hydrogens (tertiary/aromatic N) is 4. The van der Waals surface area contributed by atoms with Gasteiger partial charge in [0.05, 0.1) is 37.7 Å². The average molecular weight is 1110 g/mol. The molecule has 16 heteroatoms. The van der Waals surface area contributed by atoms with Crippen LogP contribution in [0, 0.1) is 20.8 Å². The van der Waals surface area contributed by atoms with E-state index in [9.17, 15) is 14.7 Å². The number of rotatable bonds is 21. The van der Waals surface area contributed by atoms with Crippen LogP contribution in [0.25, 0.3) is 33.1 Å². The molecule has 1 fully saturated rings. The van der Waals surface area contributed by atoms with Crippen LogP contribution in [0.4, 0.5) is 5.82 Å². The maximum Gasteiger partial charge on any atom is 0.336 e. The van der Waals surface area contributed by atoms with E-state index in [1.54, 1.807) is 37.7 Å². The molecular weight excluding hydrogens is 1050 g/mol. The molecule has 0 aliphatic carbocycles. The lowest BCUT2D eigenvalue weighted by Gasteiger charge is -2.37. The van der Waals surface area contributed by atoms with Crippen molar-refractivity contribution in [2.45, 2.75) is 86.5 Å². The van der Waals surface area contributed by atoms with Crippen LogP contribution in [0.2, 0.25) is 0 Å². The molecular formula is C64H61N5O9S2. The third-order valence-electron chi connectivity index (χ3n) is 14.9. The molecule has 2 N–H and O–H groups in total. The fraction of sp³-hybridized carbons (Fsp3) is 0.266. The van der Waals surface area contributed by atoms with Crippen LogP contribution >= 0.6 is 23.5 Å². The zero-order valence-electron chi connectivity index (χ0n) is 45.1. The molecule has 408 valence electrons. The molecule has 0 saturated carbocycles. The van der Waals surface area contributed by atoms with Gasteiger partial charge in [-0.1, -0.05) is 133 Å². The largest absolute Gasteiger partial charge is 0.497 e. The second kappa shape index (κ2) is 23.9. The number of aliphatic hydroxyl groups is 1. The zero-order chi connectivity index (χ0) is 55.3. The van der Waals surface area contributed by atoms with E-state index in [1.807, 2.05) is 165 Å². The molecule has 14 nitrogen and oxygen atoms in total. The van der Waals surface area contributed by atoms with Gasteiger partial charge in [0, 0.05) is 34.6 Å². The summed E-state index contributed by atoms with van der Waals surface area (Å²) in [6.45, 7) is 5.86. The van der Waals surface area contributed by atoms with Gasteiger partial charge in [0.1, 0.15) is 52.7 Å². The summed E-state index contributed by atoms with van der Waals surface area (Å²) in [5, 5.41) is 17.7. The number of ether oxygens (including phenoxy) is 4. The average Bonchev–Trinajstić information content (AvgIpc) is 4.17. The Bertz CT molecular complexity index is 3750. The van der Waals surface area contributed by atoms with Crippen molar-refractivity contribution >= 4 is 68.4 Å². The molecule has 1 aliphatic rings. The molecule has 4 aromatic heterocycles. The topological polar surface area (TPSA) is 173 Å². The summed E-state index contributed by atoms with van der Waals surface area (Å²) in [4.78, 5) is 42.5. The molecule has 5 heterocycles. The minimum atomic E-state index is -1.14. The summed E-state index contributed by atoms with van der Waals surface area (Å²) in [7, 11) is 3.28. The number of anilines is 1. The fourth-order valence-electron chi connectivity index (χ4n) is 10.8. The Labute approximate surface area is 471 Å². The number of hydrogen-bond donors (Lipinski definition) is 2. The molecule has 1 aliphatic heterocycles. The van der Waals surface area contributed by atoms with Gasteiger partial charge < -0.3 is 38.2 Å². The number of fused-ring (bicyclic) bond motifs is 3. The highest BCUT2D eigenvalue weighted by atomic mass is 32.2. The van der Waals surface area contributed by atoms with Gasteiger partial charge in [0.25, 0.3) is 0 Å². The summed E-state index contributed by atoms with van der Waals surface area (Å²) < 4.78 is 39.1. The van der Waals surface area contributed by atoms with Gasteiger partial charge in [-0.25, -0.2) is 19.7 Å². The van der Waals surface area contributed by atoms with E-state index < -0.39 is 30.0 Å². The standard InChI is InChI=1S/C64H61N5O9S2/c1-39-34-54(71)78-57-40(2)58-50(35-49(39)57)59(41(3)76-58)79-32-16-9-17-33-80-63-67-56-60(68-62(72)55(42-18-10-6-11-19-42)43-20-12-7-13-21-43)65-38-66-61(56)69(63)53-36-51(70)52(77-53)37-75-64(44-22-14-8-15-23-44,45-24-28-47(73-4)29-25-45)46-26-30-48(74-5)31-27-46/h6-8,10-15,18-31,34-35,38,51-53,55,70H,9,16-17,32-33,36-37H2,1-5H3,(H,65,66,68,72)/t51-,52+,53?/m0/s1. The van der Waals surface area contributed by atoms with Crippen LogP contribution < -0.4 is 20.4 Å². The van der Waals surface area contributed by atoms with Gasteiger partial charge in [-0.05, 0) is 103 Å². The summed E-state index contributed by atoms with van der Waals surface area (Å²) in [6, 6.07) is 48.6. The third kappa shape index (κ3) is 10.9. The van der Waals surface area contributed by atoms with Crippen LogP contribution in [0.1, 0.15) is 82.5 Å². The number of carbonyl (C=O) groups excluding carboxylic acids is 1. The SMILES string of the molecule is COc1ccc(C(OC[C@H]2OC(n3c(SCCCCCSc4c(C)oc5c(C)c6oc(=O)cc(C)c6cc45)nc4c(NC(=O)C(c5ccccc5)c5ccccc5)ncnc43)C[C@@H]2O)(c2ccccc2)c2ccc(OC)cc2)cc1. The molecule has 6 aromatic carbocycles. The van der Waals surface area contributed by atoms with Crippen LogP contribution in [-0.4, -0.2) is 75.1 Å². The van der Waals surface area contributed by atoms with Gasteiger partial charge in [-0.15, -0.1) is 11.8 Å². The first-order chi connectivity index (χ1) is 39.0. The highest BCUT2D eigenvalue weighted by Gasteiger charge is 2.43. The number of methoxy groups -OCH3 is 2. The van der Waals surface area contributed by atoms with Crippen LogP contribution in [0.15, 0.2) is 182 Å². The van der Waals surface area contributed by atoms with Crippen molar-refractivity contribution < 1.29 is 37.7 Å². The predicted molar refractivity (Wildman–Crippen MR) is 313 cm³/mol. The third-order valence-corrected chi connectivity index (χ3v) is 17.2. The number of carbonyl (C=O) groups is 1. The number of aromatic nitrogens is 4. The van der Waals surface area contributed by atoms with Crippen molar-refractivity contribution in [2.24, 2.45) is 0 Å². The summed E-state index contributed by atoms with van der Waals surface area (Å²) in [5.74, 6) is 3.22. The number of furan rings is 1. The van der Waals surface area contributed by atoms with E-state index in [-0.39, 0.29) is 30.4 Å². The van der Waals surface area contributed by atoms with Crippen molar-refractivity contribution in [1.82, 2.24) is 19.5 Å². The Morgan fingerprint density at radius 3 is 1.95 bits per heavy atom. The Morgan fingerprint density at radius 1 is 0.738 bits per heavy atom. The number of aryl methyl sites for hydroxylation is 3. The number of hydrogen-bond acceptors (Lipinski definition) is 14. The number of unbranched alkanes of at least 4 members (excludes halogenated alkanes) is 2. The monoisotopic (exact) mass is 1110 g/mol. The van der Waals surface area contributed by atoms with E-state index in [4.69, 9.17) is 37.7 Å². The molecule has 11 rings (SSSR count). The maximum atomic E-state index is 14.5. The molecule has 0 spiro atoms. The second-order valence-corrected chi connectivity index (χ2v) is 22.1.